The van der Waals surface area contributed by atoms with Crippen LogP contribution in [0.4, 0.5) is 0 Å². The molecule has 0 bridgehead atoms. The molecule has 5 nitrogen and oxygen atoms in total. The van der Waals surface area contributed by atoms with Gasteiger partial charge in [0.25, 0.3) is 5.91 Å². The number of aromatic nitrogens is 2. The van der Waals surface area contributed by atoms with Crippen molar-refractivity contribution < 1.29 is 9.32 Å². The lowest BCUT2D eigenvalue weighted by atomic mass is 9.87. The van der Waals surface area contributed by atoms with Gasteiger partial charge < -0.3 is 9.84 Å². The van der Waals surface area contributed by atoms with Gasteiger partial charge in [0.05, 0.1) is 0 Å². The van der Waals surface area contributed by atoms with Crippen LogP contribution in [0.25, 0.3) is 11.4 Å². The molecule has 5 heteroatoms. The number of carbonyl (C=O) groups excluding carboxylic acids is 1. The van der Waals surface area contributed by atoms with Gasteiger partial charge in [0.2, 0.25) is 11.7 Å². The summed E-state index contributed by atoms with van der Waals surface area (Å²) in [6, 6.07) is 16.8. The summed E-state index contributed by atoms with van der Waals surface area (Å²) in [7, 11) is 0. The fourth-order valence-corrected chi connectivity index (χ4v) is 2.58. The molecule has 1 amide bonds. The van der Waals surface area contributed by atoms with Crippen LogP contribution in [0.2, 0.25) is 0 Å². The van der Waals surface area contributed by atoms with E-state index in [1.807, 2.05) is 37.3 Å². The molecule has 0 saturated heterocycles. The van der Waals surface area contributed by atoms with Crippen LogP contribution in [0, 0.1) is 0 Å². The molecule has 0 aliphatic carbocycles. The van der Waals surface area contributed by atoms with Crippen molar-refractivity contribution in [3.63, 3.8) is 0 Å². The lowest BCUT2D eigenvalue weighted by Crippen LogP contribution is -2.26. The molecule has 3 rings (SSSR count). The second-order valence-electron chi connectivity index (χ2n) is 7.34. The van der Waals surface area contributed by atoms with Gasteiger partial charge in [-0.25, -0.2) is 0 Å². The number of nitrogens with zero attached hydrogens (tertiary/aromatic N) is 2. The van der Waals surface area contributed by atoms with Crippen LogP contribution in [0.5, 0.6) is 0 Å². The zero-order valence-corrected chi connectivity index (χ0v) is 15.5. The summed E-state index contributed by atoms with van der Waals surface area (Å²) in [6.45, 7) is 8.34. The van der Waals surface area contributed by atoms with Crippen LogP contribution >= 0.6 is 0 Å². The number of nitrogens with one attached hydrogen (secondary N) is 1. The van der Waals surface area contributed by atoms with E-state index in [1.54, 1.807) is 12.1 Å². The van der Waals surface area contributed by atoms with E-state index in [4.69, 9.17) is 4.52 Å². The average Bonchev–Trinajstić information content (AvgIpc) is 3.12. The highest BCUT2D eigenvalue weighted by Gasteiger charge is 2.19. The van der Waals surface area contributed by atoms with Gasteiger partial charge in [0, 0.05) is 11.1 Å². The molecule has 0 spiro atoms. The van der Waals surface area contributed by atoms with Crippen molar-refractivity contribution in [2.24, 2.45) is 0 Å². The average molecular weight is 349 g/mol. The van der Waals surface area contributed by atoms with Gasteiger partial charge in [-0.1, -0.05) is 68.4 Å². The predicted octanol–water partition coefficient (Wildman–Crippen LogP) is 4.53. The van der Waals surface area contributed by atoms with Crippen LogP contribution in [-0.2, 0) is 5.41 Å². The molecular weight excluding hydrogens is 326 g/mol. The summed E-state index contributed by atoms with van der Waals surface area (Å²) in [5.74, 6) is 0.720. The van der Waals surface area contributed by atoms with Crippen molar-refractivity contribution in [2.45, 2.75) is 39.2 Å². The predicted molar refractivity (Wildman–Crippen MR) is 101 cm³/mol. The highest BCUT2D eigenvalue weighted by atomic mass is 16.5. The first kappa shape index (κ1) is 17.9. The summed E-state index contributed by atoms with van der Waals surface area (Å²) in [4.78, 5) is 16.7. The Morgan fingerprint density at radius 3 is 2.31 bits per heavy atom. The van der Waals surface area contributed by atoms with Gasteiger partial charge in [0.1, 0.15) is 6.04 Å². The smallest absolute Gasteiger partial charge is 0.251 e. The molecule has 0 unspecified atom stereocenters. The summed E-state index contributed by atoms with van der Waals surface area (Å²) < 4.78 is 5.34. The summed E-state index contributed by atoms with van der Waals surface area (Å²) in [5, 5.41) is 6.91. The molecule has 1 N–H and O–H groups in total. The summed E-state index contributed by atoms with van der Waals surface area (Å²) >= 11 is 0. The number of benzene rings is 2. The minimum absolute atomic E-state index is 0.0944. The third-order valence-electron chi connectivity index (χ3n) is 4.20. The van der Waals surface area contributed by atoms with Crippen molar-refractivity contribution in [1.29, 1.82) is 0 Å². The molecule has 134 valence electrons. The van der Waals surface area contributed by atoms with Gasteiger partial charge in [-0.15, -0.1) is 0 Å². The van der Waals surface area contributed by atoms with Gasteiger partial charge >= 0.3 is 0 Å². The Balaban J connectivity index is 1.72. The van der Waals surface area contributed by atoms with E-state index in [1.165, 1.54) is 5.56 Å². The van der Waals surface area contributed by atoms with Crippen molar-refractivity contribution in [2.75, 3.05) is 0 Å². The van der Waals surface area contributed by atoms with Crippen molar-refractivity contribution in [1.82, 2.24) is 15.5 Å². The zero-order chi connectivity index (χ0) is 18.7. The van der Waals surface area contributed by atoms with E-state index in [0.29, 0.717) is 17.3 Å². The fourth-order valence-electron chi connectivity index (χ4n) is 2.58. The first-order chi connectivity index (χ1) is 12.3. The van der Waals surface area contributed by atoms with Crippen LogP contribution in [0.1, 0.15) is 55.5 Å². The third-order valence-corrected chi connectivity index (χ3v) is 4.20. The number of carbonyl (C=O) groups is 1. The molecule has 3 aromatic rings. The van der Waals surface area contributed by atoms with Crippen molar-refractivity contribution in [3.05, 3.63) is 71.6 Å². The lowest BCUT2D eigenvalue weighted by Gasteiger charge is -2.18. The van der Waals surface area contributed by atoms with Crippen LogP contribution in [-0.4, -0.2) is 16.0 Å². The van der Waals surface area contributed by atoms with Gasteiger partial charge in [-0.2, -0.15) is 4.98 Å². The number of hydrogen-bond acceptors (Lipinski definition) is 4. The molecule has 2 aromatic carbocycles. The Hall–Kier alpha value is -2.95. The SMILES string of the molecule is C[C@H](NC(=O)c1ccccc1)c1nc(-c2ccc(C(C)(C)C)cc2)no1. The number of hydrogen-bond donors (Lipinski definition) is 1. The molecule has 1 heterocycles. The minimum atomic E-state index is -0.377. The molecule has 0 saturated carbocycles. The maximum atomic E-state index is 12.2. The van der Waals surface area contributed by atoms with Crippen LogP contribution in [0.3, 0.4) is 0 Å². The van der Waals surface area contributed by atoms with Gasteiger partial charge in [-0.05, 0) is 30.0 Å². The van der Waals surface area contributed by atoms with Crippen LogP contribution < -0.4 is 5.32 Å². The Morgan fingerprint density at radius 2 is 1.69 bits per heavy atom. The molecule has 0 aliphatic heterocycles. The standard InChI is InChI=1S/C21H23N3O2/c1-14(22-19(25)16-8-6-5-7-9-16)20-23-18(24-26-20)15-10-12-17(13-11-15)21(2,3)4/h5-14H,1-4H3,(H,22,25)/t14-/m0/s1. The largest absolute Gasteiger partial charge is 0.341 e. The maximum absolute atomic E-state index is 12.2. The summed E-state index contributed by atoms with van der Waals surface area (Å²) in [6.07, 6.45) is 0. The second kappa shape index (κ2) is 7.12. The molecular formula is C21H23N3O2. The van der Waals surface area contributed by atoms with Gasteiger partial charge in [-0.3, -0.25) is 4.79 Å². The van der Waals surface area contributed by atoms with E-state index in [2.05, 4.69) is 48.4 Å². The fraction of sp³-hybridized carbons (Fsp3) is 0.286. The van der Waals surface area contributed by atoms with E-state index in [0.717, 1.165) is 5.56 Å². The monoisotopic (exact) mass is 349 g/mol. The van der Waals surface area contributed by atoms with E-state index in [9.17, 15) is 4.79 Å². The third kappa shape index (κ3) is 3.99. The Kier molecular flexibility index (Phi) is 4.89. The second-order valence-corrected chi connectivity index (χ2v) is 7.34. The first-order valence-corrected chi connectivity index (χ1v) is 8.65. The van der Waals surface area contributed by atoms with E-state index < -0.39 is 0 Å². The first-order valence-electron chi connectivity index (χ1n) is 8.65. The maximum Gasteiger partial charge on any atom is 0.251 e. The number of rotatable bonds is 4. The van der Waals surface area contributed by atoms with Crippen molar-refractivity contribution in [3.8, 4) is 11.4 Å². The van der Waals surface area contributed by atoms with Crippen LogP contribution in [0.15, 0.2) is 59.1 Å². The molecule has 0 radical (unpaired) electrons. The van der Waals surface area contributed by atoms with Crippen molar-refractivity contribution >= 4 is 5.91 Å². The molecule has 1 aromatic heterocycles. The highest BCUT2D eigenvalue weighted by Crippen LogP contribution is 2.25. The molecule has 1 atom stereocenters. The summed E-state index contributed by atoms with van der Waals surface area (Å²) in [5.41, 5.74) is 2.82. The number of amides is 1. The molecule has 0 fully saturated rings. The van der Waals surface area contributed by atoms with E-state index >= 15 is 0 Å². The highest BCUT2D eigenvalue weighted by molar-refractivity contribution is 5.94. The van der Waals surface area contributed by atoms with Gasteiger partial charge in [0.15, 0.2) is 0 Å². The van der Waals surface area contributed by atoms with E-state index in [-0.39, 0.29) is 17.4 Å². The topological polar surface area (TPSA) is 68.0 Å². The zero-order valence-electron chi connectivity index (χ0n) is 15.5. The Bertz CT molecular complexity index is 878. The molecule has 0 aliphatic rings. The Labute approximate surface area is 153 Å². The normalized spacial score (nSPS) is 12.6. The Morgan fingerprint density at radius 1 is 1.04 bits per heavy atom. The molecule has 26 heavy (non-hydrogen) atoms. The minimum Gasteiger partial charge on any atom is -0.341 e. The lowest BCUT2D eigenvalue weighted by molar-refractivity contribution is 0.0932. The quantitative estimate of drug-likeness (QED) is 0.751.